The lowest BCUT2D eigenvalue weighted by atomic mass is 10.0. The second kappa shape index (κ2) is 6.46. The molecule has 0 saturated heterocycles. The topological polar surface area (TPSA) is 22.2 Å². The molecule has 158 valence electrons. The van der Waals surface area contributed by atoms with E-state index in [0.717, 1.165) is 16.7 Å². The average molecular weight is 434 g/mol. The Morgan fingerprint density at radius 2 is 1.09 bits per heavy atom. The van der Waals surface area contributed by atoms with Gasteiger partial charge in [-0.3, -0.25) is 4.40 Å². The van der Waals surface area contributed by atoms with E-state index in [9.17, 15) is 0 Å². The van der Waals surface area contributed by atoms with Gasteiger partial charge in [-0.25, -0.2) is 4.98 Å². The van der Waals surface area contributed by atoms with E-state index in [1.165, 1.54) is 49.2 Å². The summed E-state index contributed by atoms with van der Waals surface area (Å²) in [4.78, 5) is 5.10. The zero-order valence-electron chi connectivity index (χ0n) is 18.3. The Hall–Kier alpha value is -4.63. The molecule has 0 aliphatic rings. The number of imidazole rings is 1. The van der Waals surface area contributed by atoms with E-state index >= 15 is 0 Å². The largest absolute Gasteiger partial charge is 0.309 e. The van der Waals surface area contributed by atoms with Crippen LogP contribution in [0.15, 0.2) is 115 Å². The van der Waals surface area contributed by atoms with Crippen molar-refractivity contribution < 1.29 is 0 Å². The van der Waals surface area contributed by atoms with Crippen molar-refractivity contribution in [3.63, 3.8) is 0 Å². The first-order valence-electron chi connectivity index (χ1n) is 11.6. The highest BCUT2D eigenvalue weighted by atomic mass is 15.0. The SMILES string of the molecule is c1ccc(-n2c3ccccc3c3cc4c(cc32)c2ccccc2n2c3ccccc3nc42)cc1. The van der Waals surface area contributed by atoms with E-state index < -0.39 is 0 Å². The number of pyridine rings is 1. The molecule has 0 aliphatic heterocycles. The van der Waals surface area contributed by atoms with E-state index in [0.29, 0.717) is 0 Å². The molecule has 0 atom stereocenters. The van der Waals surface area contributed by atoms with Gasteiger partial charge in [-0.05, 0) is 53.9 Å². The van der Waals surface area contributed by atoms with Gasteiger partial charge >= 0.3 is 0 Å². The van der Waals surface area contributed by atoms with Crippen LogP contribution in [0.1, 0.15) is 0 Å². The zero-order chi connectivity index (χ0) is 22.2. The fraction of sp³-hybridized carbons (Fsp3) is 0. The standard InChI is InChI=1S/C31H19N3/c1-2-10-20(11-3-1)33-27-15-7-5-13-22(27)24-18-25-23(19-30(24)33)21-12-4-8-16-28(21)34-29-17-9-6-14-26(29)32-31(25)34/h1-19H. The minimum absolute atomic E-state index is 1.01. The highest BCUT2D eigenvalue weighted by Crippen LogP contribution is 2.39. The maximum Gasteiger partial charge on any atom is 0.146 e. The normalized spacial score (nSPS) is 12.1. The molecule has 5 aromatic carbocycles. The summed E-state index contributed by atoms with van der Waals surface area (Å²) in [5.41, 5.74) is 7.95. The molecule has 8 rings (SSSR count). The van der Waals surface area contributed by atoms with Crippen molar-refractivity contribution in [2.45, 2.75) is 0 Å². The summed E-state index contributed by atoms with van der Waals surface area (Å²) in [7, 11) is 0. The van der Waals surface area contributed by atoms with Gasteiger partial charge in [0.25, 0.3) is 0 Å². The molecule has 8 aromatic rings. The first-order valence-corrected chi connectivity index (χ1v) is 11.6. The van der Waals surface area contributed by atoms with Gasteiger partial charge in [0.2, 0.25) is 0 Å². The minimum Gasteiger partial charge on any atom is -0.309 e. The Morgan fingerprint density at radius 3 is 1.91 bits per heavy atom. The third-order valence-electron chi connectivity index (χ3n) is 7.06. The van der Waals surface area contributed by atoms with Crippen molar-refractivity contribution in [3.8, 4) is 5.69 Å². The summed E-state index contributed by atoms with van der Waals surface area (Å²) in [6.07, 6.45) is 0. The van der Waals surface area contributed by atoms with Crippen LogP contribution in [0.2, 0.25) is 0 Å². The van der Waals surface area contributed by atoms with Crippen LogP contribution in [0.5, 0.6) is 0 Å². The Kier molecular flexibility index (Phi) is 3.39. The van der Waals surface area contributed by atoms with Gasteiger partial charge in [0.05, 0.1) is 27.6 Å². The van der Waals surface area contributed by atoms with Gasteiger partial charge in [0.15, 0.2) is 0 Å². The number of fused-ring (bicyclic) bond motifs is 11. The van der Waals surface area contributed by atoms with Crippen LogP contribution in [0.25, 0.3) is 65.8 Å². The molecule has 3 heterocycles. The van der Waals surface area contributed by atoms with E-state index in [1.807, 2.05) is 0 Å². The first kappa shape index (κ1) is 17.9. The van der Waals surface area contributed by atoms with Crippen molar-refractivity contribution in [1.82, 2.24) is 14.0 Å². The highest BCUT2D eigenvalue weighted by Gasteiger charge is 2.18. The predicted octanol–water partition coefficient (Wildman–Crippen LogP) is 7.89. The van der Waals surface area contributed by atoms with Crippen LogP contribution in [-0.2, 0) is 0 Å². The Morgan fingerprint density at radius 1 is 0.441 bits per heavy atom. The van der Waals surface area contributed by atoms with Gasteiger partial charge in [0, 0.05) is 27.2 Å². The molecular formula is C31H19N3. The molecule has 34 heavy (non-hydrogen) atoms. The van der Waals surface area contributed by atoms with Crippen molar-refractivity contribution in [2.75, 3.05) is 0 Å². The molecule has 0 fully saturated rings. The monoisotopic (exact) mass is 433 g/mol. The number of hydrogen-bond acceptors (Lipinski definition) is 1. The number of rotatable bonds is 1. The maximum atomic E-state index is 5.10. The molecular weight excluding hydrogens is 414 g/mol. The van der Waals surface area contributed by atoms with E-state index in [-0.39, 0.29) is 0 Å². The molecule has 3 heteroatoms. The molecule has 3 aromatic heterocycles. The molecule has 3 nitrogen and oxygen atoms in total. The molecule has 0 spiro atoms. The van der Waals surface area contributed by atoms with E-state index in [1.54, 1.807) is 0 Å². The van der Waals surface area contributed by atoms with Crippen LogP contribution in [0.3, 0.4) is 0 Å². The van der Waals surface area contributed by atoms with Crippen LogP contribution in [0, 0.1) is 0 Å². The lowest BCUT2D eigenvalue weighted by Gasteiger charge is -2.11. The van der Waals surface area contributed by atoms with Crippen molar-refractivity contribution in [3.05, 3.63) is 115 Å². The third kappa shape index (κ3) is 2.23. The average Bonchev–Trinajstić information content (AvgIpc) is 3.44. The van der Waals surface area contributed by atoms with Crippen molar-refractivity contribution in [2.24, 2.45) is 0 Å². The number of aromatic nitrogens is 3. The highest BCUT2D eigenvalue weighted by molar-refractivity contribution is 6.21. The predicted molar refractivity (Wildman–Crippen MR) is 142 cm³/mol. The second-order valence-electron chi connectivity index (χ2n) is 8.88. The lowest BCUT2D eigenvalue weighted by molar-refractivity contribution is 1.18. The Bertz CT molecular complexity index is 2060. The van der Waals surface area contributed by atoms with Crippen LogP contribution in [-0.4, -0.2) is 14.0 Å². The molecule has 0 saturated carbocycles. The zero-order valence-corrected chi connectivity index (χ0v) is 18.3. The number of para-hydroxylation sites is 5. The summed E-state index contributed by atoms with van der Waals surface area (Å²) in [6, 6.07) is 41.1. The van der Waals surface area contributed by atoms with Crippen molar-refractivity contribution in [1.29, 1.82) is 0 Å². The molecule has 0 amide bonds. The van der Waals surface area contributed by atoms with Gasteiger partial charge in [0.1, 0.15) is 5.65 Å². The third-order valence-corrected chi connectivity index (χ3v) is 7.06. The molecule has 0 aliphatic carbocycles. The van der Waals surface area contributed by atoms with Gasteiger partial charge < -0.3 is 4.57 Å². The summed E-state index contributed by atoms with van der Waals surface area (Å²) < 4.78 is 4.69. The first-order chi connectivity index (χ1) is 16.9. The molecule has 0 N–H and O–H groups in total. The van der Waals surface area contributed by atoms with Gasteiger partial charge in [-0.2, -0.15) is 0 Å². The van der Waals surface area contributed by atoms with E-state index in [2.05, 4.69) is 124 Å². The number of benzene rings is 5. The van der Waals surface area contributed by atoms with E-state index in [4.69, 9.17) is 4.98 Å². The summed E-state index contributed by atoms with van der Waals surface area (Å²) >= 11 is 0. The Labute approximate surface area is 195 Å². The van der Waals surface area contributed by atoms with Gasteiger partial charge in [-0.15, -0.1) is 0 Å². The summed E-state index contributed by atoms with van der Waals surface area (Å²) in [5.74, 6) is 0. The van der Waals surface area contributed by atoms with Crippen LogP contribution < -0.4 is 0 Å². The smallest absolute Gasteiger partial charge is 0.146 e. The lowest BCUT2D eigenvalue weighted by Crippen LogP contribution is -1.94. The fourth-order valence-electron chi connectivity index (χ4n) is 5.63. The van der Waals surface area contributed by atoms with Crippen LogP contribution in [0.4, 0.5) is 0 Å². The molecule has 0 bridgehead atoms. The van der Waals surface area contributed by atoms with Crippen LogP contribution >= 0.6 is 0 Å². The second-order valence-corrected chi connectivity index (χ2v) is 8.88. The summed E-state index contributed by atoms with van der Waals surface area (Å²) in [5, 5.41) is 6.14. The number of nitrogens with zero attached hydrogens (tertiary/aromatic N) is 3. The molecule has 0 radical (unpaired) electrons. The molecule has 0 unspecified atom stereocenters. The van der Waals surface area contributed by atoms with Gasteiger partial charge in [-0.1, -0.05) is 66.7 Å². The maximum absolute atomic E-state index is 5.10. The quantitative estimate of drug-likeness (QED) is 0.241. The summed E-state index contributed by atoms with van der Waals surface area (Å²) in [6.45, 7) is 0. The Balaban J connectivity index is 1.67. The fourth-order valence-corrected chi connectivity index (χ4v) is 5.63. The number of hydrogen-bond donors (Lipinski definition) is 0. The minimum atomic E-state index is 1.01. The van der Waals surface area contributed by atoms with Crippen molar-refractivity contribution >= 4 is 60.2 Å².